The van der Waals surface area contributed by atoms with Gasteiger partial charge in [0.25, 0.3) is 5.91 Å². The number of halogens is 2. The lowest BCUT2D eigenvalue weighted by molar-refractivity contribution is 0.102. The van der Waals surface area contributed by atoms with E-state index in [4.69, 9.17) is 23.2 Å². The van der Waals surface area contributed by atoms with Crippen LogP contribution < -0.4 is 5.32 Å². The number of carbonyl (C=O) groups excluding carboxylic acids is 1. The molecule has 2 aromatic rings. The van der Waals surface area contributed by atoms with Gasteiger partial charge in [-0.15, -0.1) is 5.10 Å². The predicted octanol–water partition coefficient (Wildman–Crippen LogP) is 2.80. The number of benzene rings is 1. The molecular formula is C9H5Cl2N3O2S. The zero-order chi connectivity index (χ0) is 12.4. The van der Waals surface area contributed by atoms with Gasteiger partial charge in [-0.05, 0) is 23.7 Å². The van der Waals surface area contributed by atoms with E-state index in [1.54, 1.807) is 0 Å². The Hall–Kier alpha value is -1.37. The monoisotopic (exact) mass is 289 g/mol. The molecule has 0 saturated carbocycles. The highest BCUT2D eigenvalue weighted by Crippen LogP contribution is 2.34. The third-order valence-electron chi connectivity index (χ3n) is 1.87. The quantitative estimate of drug-likeness (QED) is 0.834. The van der Waals surface area contributed by atoms with E-state index in [1.165, 1.54) is 17.5 Å². The van der Waals surface area contributed by atoms with Crippen LogP contribution in [0.5, 0.6) is 5.75 Å². The molecule has 5 nitrogen and oxygen atoms in total. The number of phenolic OH excluding ortho intramolecular Hbond substituents is 1. The van der Waals surface area contributed by atoms with Crippen LogP contribution in [0.1, 0.15) is 10.5 Å². The standard InChI is InChI=1S/C9H5Cl2N3O2S/c10-5-1-4(2-6(11)8(5)15)12-9(16)7-3-17-14-13-7/h1-3,15H,(H,12,16). The van der Waals surface area contributed by atoms with Crippen LogP contribution >= 0.6 is 34.7 Å². The number of aromatic hydroxyl groups is 1. The normalized spacial score (nSPS) is 10.2. The highest BCUT2D eigenvalue weighted by atomic mass is 35.5. The van der Waals surface area contributed by atoms with Crippen molar-refractivity contribution in [2.45, 2.75) is 0 Å². The Morgan fingerprint density at radius 2 is 2.00 bits per heavy atom. The van der Waals surface area contributed by atoms with Gasteiger partial charge in [0.15, 0.2) is 11.4 Å². The first-order chi connectivity index (χ1) is 8.08. The second-order valence-electron chi connectivity index (χ2n) is 3.03. The van der Waals surface area contributed by atoms with E-state index >= 15 is 0 Å². The number of rotatable bonds is 2. The highest BCUT2D eigenvalue weighted by molar-refractivity contribution is 7.03. The Kier molecular flexibility index (Phi) is 3.46. The Labute approximate surface area is 110 Å². The van der Waals surface area contributed by atoms with Gasteiger partial charge in [0.05, 0.1) is 10.0 Å². The minimum Gasteiger partial charge on any atom is -0.505 e. The van der Waals surface area contributed by atoms with Crippen LogP contribution in [-0.4, -0.2) is 20.6 Å². The molecule has 1 amide bonds. The molecule has 1 aromatic heterocycles. The van der Waals surface area contributed by atoms with E-state index in [0.29, 0.717) is 5.69 Å². The fourth-order valence-corrected chi connectivity index (χ4v) is 2.02. The van der Waals surface area contributed by atoms with E-state index in [1.807, 2.05) is 0 Å². The van der Waals surface area contributed by atoms with Crippen LogP contribution in [-0.2, 0) is 0 Å². The van der Waals surface area contributed by atoms with Crippen molar-refractivity contribution in [2.24, 2.45) is 0 Å². The van der Waals surface area contributed by atoms with Crippen molar-refractivity contribution >= 4 is 46.3 Å². The number of nitrogens with zero attached hydrogens (tertiary/aromatic N) is 2. The molecule has 0 bridgehead atoms. The van der Waals surface area contributed by atoms with E-state index in [0.717, 1.165) is 11.5 Å². The fraction of sp³-hybridized carbons (Fsp3) is 0. The van der Waals surface area contributed by atoms with Gasteiger partial charge in [0, 0.05) is 11.1 Å². The number of phenols is 1. The summed E-state index contributed by atoms with van der Waals surface area (Å²) in [5.74, 6) is -0.641. The number of hydrogen-bond acceptors (Lipinski definition) is 5. The molecular weight excluding hydrogens is 285 g/mol. The molecule has 8 heteroatoms. The topological polar surface area (TPSA) is 75.1 Å². The summed E-state index contributed by atoms with van der Waals surface area (Å²) >= 11 is 12.5. The second-order valence-corrected chi connectivity index (χ2v) is 4.46. The average molecular weight is 290 g/mol. The molecule has 1 heterocycles. The molecule has 88 valence electrons. The summed E-state index contributed by atoms with van der Waals surface area (Å²) < 4.78 is 3.57. The Bertz CT molecular complexity index is 536. The van der Waals surface area contributed by atoms with Gasteiger partial charge in [0.1, 0.15) is 0 Å². The van der Waals surface area contributed by atoms with E-state index in [9.17, 15) is 9.90 Å². The van der Waals surface area contributed by atoms with Crippen LogP contribution in [0, 0.1) is 0 Å². The maximum absolute atomic E-state index is 11.6. The lowest BCUT2D eigenvalue weighted by Crippen LogP contribution is -2.12. The first kappa shape index (κ1) is 12.1. The van der Waals surface area contributed by atoms with Gasteiger partial charge in [-0.2, -0.15) is 0 Å². The Morgan fingerprint density at radius 1 is 1.35 bits per heavy atom. The van der Waals surface area contributed by atoms with Crippen LogP contribution in [0.4, 0.5) is 5.69 Å². The van der Waals surface area contributed by atoms with Crippen LogP contribution in [0.2, 0.25) is 10.0 Å². The molecule has 2 N–H and O–H groups in total. The van der Waals surface area contributed by atoms with E-state index in [-0.39, 0.29) is 21.5 Å². The number of aromatic nitrogens is 2. The molecule has 0 spiro atoms. The highest BCUT2D eigenvalue weighted by Gasteiger charge is 2.12. The lowest BCUT2D eigenvalue weighted by Gasteiger charge is -2.06. The molecule has 1 aromatic carbocycles. The minimum absolute atomic E-state index is 0.0594. The molecule has 0 fully saturated rings. The molecule has 0 aliphatic rings. The summed E-state index contributed by atoms with van der Waals surface area (Å²) in [7, 11) is 0. The van der Waals surface area contributed by atoms with Crippen LogP contribution in [0.25, 0.3) is 0 Å². The van der Waals surface area contributed by atoms with Gasteiger partial charge in [0.2, 0.25) is 0 Å². The summed E-state index contributed by atoms with van der Waals surface area (Å²) in [6, 6.07) is 2.78. The predicted molar refractivity (Wildman–Crippen MR) is 66.0 cm³/mol. The minimum atomic E-state index is -0.420. The van der Waals surface area contributed by atoms with Crippen LogP contribution in [0.15, 0.2) is 17.5 Å². The number of amides is 1. The van der Waals surface area contributed by atoms with Crippen molar-refractivity contribution in [3.8, 4) is 5.75 Å². The smallest absolute Gasteiger partial charge is 0.277 e. The second kappa shape index (κ2) is 4.87. The lowest BCUT2D eigenvalue weighted by atomic mass is 10.3. The Balaban J connectivity index is 2.22. The van der Waals surface area contributed by atoms with Crippen LogP contribution in [0.3, 0.4) is 0 Å². The molecule has 2 rings (SSSR count). The third kappa shape index (κ3) is 2.66. The number of hydrogen-bond donors (Lipinski definition) is 2. The largest absolute Gasteiger partial charge is 0.505 e. The van der Waals surface area contributed by atoms with Gasteiger partial charge in [-0.3, -0.25) is 4.79 Å². The summed E-state index contributed by atoms with van der Waals surface area (Å²) in [6.07, 6.45) is 0. The molecule has 0 saturated heterocycles. The molecule has 17 heavy (non-hydrogen) atoms. The maximum atomic E-state index is 11.6. The van der Waals surface area contributed by atoms with Crippen molar-refractivity contribution in [1.82, 2.24) is 9.59 Å². The maximum Gasteiger partial charge on any atom is 0.277 e. The first-order valence-corrected chi connectivity index (χ1v) is 5.93. The molecule has 0 aliphatic heterocycles. The number of nitrogens with one attached hydrogen (secondary N) is 1. The SMILES string of the molecule is O=C(Nc1cc(Cl)c(O)c(Cl)c1)c1csnn1. The number of carbonyl (C=O) groups is 1. The summed E-state index contributed by atoms with van der Waals surface area (Å²) in [4.78, 5) is 11.6. The zero-order valence-corrected chi connectivity index (χ0v) is 10.5. The van der Waals surface area contributed by atoms with Crippen molar-refractivity contribution in [3.63, 3.8) is 0 Å². The first-order valence-electron chi connectivity index (χ1n) is 4.34. The van der Waals surface area contributed by atoms with Gasteiger partial charge in [-0.25, -0.2) is 0 Å². The molecule has 0 atom stereocenters. The van der Waals surface area contributed by atoms with E-state index < -0.39 is 5.91 Å². The van der Waals surface area contributed by atoms with Gasteiger partial charge < -0.3 is 10.4 Å². The van der Waals surface area contributed by atoms with Crippen molar-refractivity contribution < 1.29 is 9.90 Å². The summed E-state index contributed by atoms with van der Waals surface area (Å²) in [5, 5.41) is 17.1. The summed E-state index contributed by atoms with van der Waals surface area (Å²) in [5.41, 5.74) is 0.575. The van der Waals surface area contributed by atoms with Crippen molar-refractivity contribution in [1.29, 1.82) is 0 Å². The molecule has 0 unspecified atom stereocenters. The van der Waals surface area contributed by atoms with Crippen molar-refractivity contribution in [3.05, 3.63) is 33.3 Å². The Morgan fingerprint density at radius 3 is 2.53 bits per heavy atom. The zero-order valence-electron chi connectivity index (χ0n) is 8.15. The molecule has 0 radical (unpaired) electrons. The van der Waals surface area contributed by atoms with Crippen molar-refractivity contribution in [2.75, 3.05) is 5.32 Å². The molecule has 0 aliphatic carbocycles. The summed E-state index contributed by atoms with van der Waals surface area (Å²) in [6.45, 7) is 0. The van der Waals surface area contributed by atoms with Gasteiger partial charge >= 0.3 is 0 Å². The average Bonchev–Trinajstić information content (AvgIpc) is 2.79. The van der Waals surface area contributed by atoms with E-state index in [2.05, 4.69) is 14.9 Å². The number of anilines is 1. The fourth-order valence-electron chi connectivity index (χ4n) is 1.10. The van der Waals surface area contributed by atoms with Gasteiger partial charge in [-0.1, -0.05) is 27.7 Å². The third-order valence-corrected chi connectivity index (χ3v) is 2.95.